The highest BCUT2D eigenvalue weighted by molar-refractivity contribution is 6.45. The van der Waals surface area contributed by atoms with Crippen molar-refractivity contribution in [3.05, 3.63) is 71.2 Å². The minimum absolute atomic E-state index is 0.167. The van der Waals surface area contributed by atoms with Crippen LogP contribution >= 0.6 is 0 Å². The lowest BCUT2D eigenvalue weighted by molar-refractivity contribution is -0.120. The van der Waals surface area contributed by atoms with Crippen molar-refractivity contribution < 1.29 is 14.0 Å². The van der Waals surface area contributed by atoms with Crippen LogP contribution < -0.4 is 4.90 Å². The normalized spacial score (nSPS) is 18.3. The van der Waals surface area contributed by atoms with Crippen LogP contribution in [0.15, 0.2) is 54.2 Å². The molecule has 2 aromatic carbocycles. The molecule has 0 N–H and O–H groups in total. The number of carbonyl (C=O) groups is 2. The quantitative estimate of drug-likeness (QED) is 0.691. The zero-order valence-corrected chi connectivity index (χ0v) is 18.3. The number of rotatable bonds is 5. The first-order valence-electron chi connectivity index (χ1n) is 10.8. The van der Waals surface area contributed by atoms with Crippen LogP contribution in [-0.2, 0) is 16.0 Å². The predicted octanol–water partition coefficient (Wildman–Crippen LogP) is 3.70. The second kappa shape index (κ2) is 8.63. The van der Waals surface area contributed by atoms with Crippen molar-refractivity contribution >= 4 is 23.1 Å². The van der Waals surface area contributed by atoms with Gasteiger partial charge in [-0.3, -0.25) is 9.59 Å². The van der Waals surface area contributed by atoms with Gasteiger partial charge in [0.25, 0.3) is 11.8 Å². The molecule has 2 heterocycles. The van der Waals surface area contributed by atoms with Gasteiger partial charge in [0.1, 0.15) is 11.5 Å². The Hall–Kier alpha value is -2.99. The Morgan fingerprint density at radius 2 is 1.58 bits per heavy atom. The summed E-state index contributed by atoms with van der Waals surface area (Å²) in [6, 6.07) is 13.5. The number of hydrogen-bond donors (Lipinski definition) is 0. The van der Waals surface area contributed by atoms with E-state index in [4.69, 9.17) is 0 Å². The Kier molecular flexibility index (Phi) is 5.92. The molecule has 2 aromatic rings. The average molecular weight is 422 g/mol. The predicted molar refractivity (Wildman–Crippen MR) is 120 cm³/mol. The van der Waals surface area contributed by atoms with Crippen LogP contribution in [0.1, 0.15) is 30.9 Å². The summed E-state index contributed by atoms with van der Waals surface area (Å²) in [5, 5.41) is 0. The first-order valence-corrected chi connectivity index (χ1v) is 10.8. The van der Waals surface area contributed by atoms with Gasteiger partial charge in [-0.1, -0.05) is 31.2 Å². The highest BCUT2D eigenvalue weighted by Gasteiger charge is 2.43. The lowest BCUT2D eigenvalue weighted by Crippen LogP contribution is -2.43. The molecular formula is C25H28FN3O2. The molecule has 2 amide bonds. The molecule has 1 fully saturated rings. The van der Waals surface area contributed by atoms with E-state index in [9.17, 15) is 14.0 Å². The molecule has 5 nitrogen and oxygen atoms in total. The number of halogens is 1. The van der Waals surface area contributed by atoms with E-state index < -0.39 is 0 Å². The molecule has 162 valence electrons. The van der Waals surface area contributed by atoms with Crippen molar-refractivity contribution in [2.24, 2.45) is 0 Å². The van der Waals surface area contributed by atoms with Gasteiger partial charge in [-0.2, -0.15) is 0 Å². The summed E-state index contributed by atoms with van der Waals surface area (Å²) in [7, 11) is 3.98. The van der Waals surface area contributed by atoms with Crippen molar-refractivity contribution in [1.82, 2.24) is 9.80 Å². The van der Waals surface area contributed by atoms with Crippen molar-refractivity contribution in [2.45, 2.75) is 32.2 Å². The number of imide groups is 1. The van der Waals surface area contributed by atoms with E-state index in [-0.39, 0.29) is 23.7 Å². The van der Waals surface area contributed by atoms with E-state index in [1.807, 2.05) is 36.2 Å². The first-order chi connectivity index (χ1) is 14.9. The van der Waals surface area contributed by atoms with E-state index in [2.05, 4.69) is 18.9 Å². The molecule has 0 atom stereocenters. The number of anilines is 1. The molecule has 0 aliphatic carbocycles. The van der Waals surface area contributed by atoms with Gasteiger partial charge in [0.2, 0.25) is 0 Å². The number of likely N-dealkylation sites (tertiary alicyclic amines) is 1. The Labute approximate surface area is 182 Å². The van der Waals surface area contributed by atoms with Crippen molar-refractivity contribution in [1.29, 1.82) is 0 Å². The smallest absolute Gasteiger partial charge is 0.282 e. The maximum Gasteiger partial charge on any atom is 0.282 e. The number of piperidine rings is 1. The Bertz CT molecular complexity index is 1010. The van der Waals surface area contributed by atoms with Crippen LogP contribution in [0.25, 0.3) is 5.57 Å². The van der Waals surface area contributed by atoms with Crippen LogP contribution in [0, 0.1) is 5.82 Å². The van der Waals surface area contributed by atoms with E-state index in [0.717, 1.165) is 37.9 Å². The zero-order valence-electron chi connectivity index (χ0n) is 18.3. The van der Waals surface area contributed by atoms with Gasteiger partial charge in [0.05, 0.1) is 11.3 Å². The van der Waals surface area contributed by atoms with Crippen LogP contribution in [0.4, 0.5) is 10.1 Å². The molecule has 0 saturated carbocycles. The third kappa shape index (κ3) is 4.00. The van der Waals surface area contributed by atoms with Crippen molar-refractivity contribution in [2.75, 3.05) is 32.1 Å². The summed E-state index contributed by atoms with van der Waals surface area (Å²) in [6.45, 7) is 3.95. The number of nitrogens with zero attached hydrogens (tertiary/aromatic N) is 3. The molecule has 31 heavy (non-hydrogen) atoms. The summed E-state index contributed by atoms with van der Waals surface area (Å²) >= 11 is 0. The van der Waals surface area contributed by atoms with Gasteiger partial charge >= 0.3 is 0 Å². The number of aryl methyl sites for hydroxylation is 1. The first kappa shape index (κ1) is 21.2. The maximum absolute atomic E-state index is 13.6. The number of carbonyl (C=O) groups excluding carboxylic acids is 2. The molecule has 2 aliphatic heterocycles. The van der Waals surface area contributed by atoms with Gasteiger partial charge < -0.3 is 9.80 Å². The van der Waals surface area contributed by atoms with Gasteiger partial charge in [-0.25, -0.2) is 9.29 Å². The highest BCUT2D eigenvalue weighted by Crippen LogP contribution is 2.36. The van der Waals surface area contributed by atoms with Gasteiger partial charge in [0.15, 0.2) is 0 Å². The van der Waals surface area contributed by atoms with E-state index in [1.165, 1.54) is 17.0 Å². The third-order valence-electron chi connectivity index (χ3n) is 6.38. The Morgan fingerprint density at radius 1 is 0.968 bits per heavy atom. The highest BCUT2D eigenvalue weighted by atomic mass is 19.1. The molecule has 6 heteroatoms. The standard InChI is InChI=1S/C25H28FN3O2/c1-4-17-5-11-21(12-6-17)29-24(30)22(18-7-9-19(26)10-8-18)23(25(29)31)28(3)20-13-15-27(2)16-14-20/h5-12,20H,4,13-16H2,1-3H3. The molecule has 2 aliphatic rings. The molecular weight excluding hydrogens is 393 g/mol. The van der Waals surface area contributed by atoms with E-state index in [0.29, 0.717) is 22.5 Å². The Balaban J connectivity index is 1.76. The molecule has 0 spiro atoms. The second-order valence-corrected chi connectivity index (χ2v) is 8.34. The Morgan fingerprint density at radius 3 is 2.16 bits per heavy atom. The van der Waals surface area contributed by atoms with E-state index >= 15 is 0 Å². The summed E-state index contributed by atoms with van der Waals surface area (Å²) in [6.07, 6.45) is 2.71. The summed E-state index contributed by atoms with van der Waals surface area (Å²) in [5.41, 5.74) is 2.98. The SMILES string of the molecule is CCc1ccc(N2C(=O)C(c3ccc(F)cc3)=C(N(C)C3CCN(C)CC3)C2=O)cc1. The fraction of sp³-hybridized carbons (Fsp3) is 0.360. The van der Waals surface area contributed by atoms with Crippen molar-refractivity contribution in [3.8, 4) is 0 Å². The molecule has 0 aromatic heterocycles. The van der Waals surface area contributed by atoms with Crippen LogP contribution in [-0.4, -0.2) is 54.8 Å². The largest absolute Gasteiger partial charge is 0.366 e. The monoisotopic (exact) mass is 421 g/mol. The van der Waals surface area contributed by atoms with Gasteiger partial charge in [-0.05, 0) is 74.8 Å². The zero-order chi connectivity index (χ0) is 22.1. The van der Waals surface area contributed by atoms with Crippen LogP contribution in [0.5, 0.6) is 0 Å². The fourth-order valence-electron chi connectivity index (χ4n) is 4.40. The lowest BCUT2D eigenvalue weighted by atomic mass is 10.00. The maximum atomic E-state index is 13.6. The molecule has 1 saturated heterocycles. The third-order valence-corrected chi connectivity index (χ3v) is 6.38. The lowest BCUT2D eigenvalue weighted by Gasteiger charge is -2.36. The number of amides is 2. The minimum atomic E-state index is -0.377. The number of likely N-dealkylation sites (N-methyl/N-ethyl adjacent to an activating group) is 1. The van der Waals surface area contributed by atoms with Crippen LogP contribution in [0.3, 0.4) is 0 Å². The fourth-order valence-corrected chi connectivity index (χ4v) is 4.40. The van der Waals surface area contributed by atoms with E-state index in [1.54, 1.807) is 12.1 Å². The average Bonchev–Trinajstić information content (AvgIpc) is 3.04. The van der Waals surface area contributed by atoms with Crippen molar-refractivity contribution in [3.63, 3.8) is 0 Å². The molecule has 0 unspecified atom stereocenters. The number of hydrogen-bond acceptors (Lipinski definition) is 4. The van der Waals surface area contributed by atoms with Gasteiger partial charge in [0, 0.05) is 13.1 Å². The topological polar surface area (TPSA) is 43.9 Å². The number of benzene rings is 2. The second-order valence-electron chi connectivity index (χ2n) is 8.34. The molecule has 0 radical (unpaired) electrons. The summed E-state index contributed by atoms with van der Waals surface area (Å²) in [5.74, 6) is -1.07. The van der Waals surface area contributed by atoms with Gasteiger partial charge in [-0.15, -0.1) is 0 Å². The molecule has 4 rings (SSSR count). The summed E-state index contributed by atoms with van der Waals surface area (Å²) < 4.78 is 13.6. The van der Waals surface area contributed by atoms with Crippen LogP contribution in [0.2, 0.25) is 0 Å². The minimum Gasteiger partial charge on any atom is -0.366 e. The summed E-state index contributed by atoms with van der Waals surface area (Å²) in [4.78, 5) is 32.6. The molecule has 0 bridgehead atoms.